The molecule has 1 atom stereocenters. The molecule has 0 saturated heterocycles. The Morgan fingerprint density at radius 1 is 1.09 bits per heavy atom. The normalized spacial score (nSPS) is 11.7. The number of carbonyl (C=O) groups excluding carboxylic acids is 1. The number of nitrogens with one attached hydrogen (secondary N) is 2. The number of ether oxygens (including phenoxy) is 1. The third-order valence-corrected chi connectivity index (χ3v) is 3.26. The predicted octanol–water partition coefficient (Wildman–Crippen LogP) is 1.74. The number of likely N-dealkylation sites (N-methyl/N-ethyl adjacent to an activating group) is 1. The lowest BCUT2D eigenvalue weighted by atomic mass is 10.2. The molecule has 22 heavy (non-hydrogen) atoms. The van der Waals surface area contributed by atoms with Gasteiger partial charge in [0.05, 0.1) is 13.7 Å². The standard InChI is InChI=1S/C18H22N2O2/c1-3-22-17-11-9-16(10-12-17)19-18(21)14-20(2)13-15-7-5-4-6-8-15/h4-12H,3,13-14H2,1-2H3,(H,19,21)/p+1. The van der Waals surface area contributed by atoms with Gasteiger partial charge in [-0.25, -0.2) is 0 Å². The summed E-state index contributed by atoms with van der Waals surface area (Å²) in [5.74, 6) is 0.824. The van der Waals surface area contributed by atoms with Crippen molar-refractivity contribution in [3.8, 4) is 5.75 Å². The van der Waals surface area contributed by atoms with Crippen molar-refractivity contribution in [2.75, 3.05) is 25.5 Å². The molecule has 0 aliphatic rings. The van der Waals surface area contributed by atoms with Crippen LogP contribution < -0.4 is 15.0 Å². The number of carbonyl (C=O) groups is 1. The Labute approximate surface area is 131 Å². The second-order valence-electron chi connectivity index (χ2n) is 5.30. The molecule has 4 nitrogen and oxygen atoms in total. The summed E-state index contributed by atoms with van der Waals surface area (Å²) in [5.41, 5.74) is 2.02. The third-order valence-electron chi connectivity index (χ3n) is 3.26. The SMILES string of the molecule is CCOc1ccc(NC(=O)C[NH+](C)Cc2ccccc2)cc1. The molecule has 0 spiro atoms. The lowest BCUT2D eigenvalue weighted by Gasteiger charge is -2.14. The van der Waals surface area contributed by atoms with Crippen LogP contribution in [0.25, 0.3) is 0 Å². The molecular weight excluding hydrogens is 276 g/mol. The molecule has 2 aromatic rings. The molecule has 0 saturated carbocycles. The summed E-state index contributed by atoms with van der Waals surface area (Å²) in [7, 11) is 2.02. The minimum absolute atomic E-state index is 0.0117. The van der Waals surface area contributed by atoms with Crippen LogP contribution in [0.3, 0.4) is 0 Å². The molecule has 2 rings (SSSR count). The Morgan fingerprint density at radius 3 is 2.41 bits per heavy atom. The highest BCUT2D eigenvalue weighted by molar-refractivity contribution is 5.91. The number of hydrogen-bond donors (Lipinski definition) is 2. The van der Waals surface area contributed by atoms with E-state index < -0.39 is 0 Å². The Morgan fingerprint density at radius 2 is 1.77 bits per heavy atom. The van der Waals surface area contributed by atoms with E-state index in [2.05, 4.69) is 17.4 Å². The lowest BCUT2D eigenvalue weighted by Crippen LogP contribution is -3.08. The molecule has 2 aromatic carbocycles. The maximum absolute atomic E-state index is 12.1. The number of quaternary nitrogens is 1. The molecule has 0 heterocycles. The topological polar surface area (TPSA) is 42.8 Å². The second-order valence-corrected chi connectivity index (χ2v) is 5.30. The number of amides is 1. The molecule has 1 unspecified atom stereocenters. The Balaban J connectivity index is 1.81. The minimum atomic E-state index is 0.0117. The van der Waals surface area contributed by atoms with Gasteiger partial charge < -0.3 is 15.0 Å². The summed E-state index contributed by atoms with van der Waals surface area (Å²) in [5, 5.41) is 2.91. The van der Waals surface area contributed by atoms with Gasteiger partial charge in [-0.05, 0) is 31.2 Å². The summed E-state index contributed by atoms with van der Waals surface area (Å²) in [6, 6.07) is 17.6. The van der Waals surface area contributed by atoms with E-state index in [-0.39, 0.29) is 5.91 Å². The molecule has 0 fully saturated rings. The summed E-state index contributed by atoms with van der Waals surface area (Å²) in [6.07, 6.45) is 0. The van der Waals surface area contributed by atoms with Gasteiger partial charge in [-0.1, -0.05) is 30.3 Å². The molecular formula is C18H23N2O2+. The van der Waals surface area contributed by atoms with E-state index in [1.165, 1.54) is 5.56 Å². The van der Waals surface area contributed by atoms with Crippen molar-refractivity contribution < 1.29 is 14.4 Å². The first-order valence-corrected chi connectivity index (χ1v) is 7.55. The number of rotatable bonds is 7. The average Bonchev–Trinajstić information content (AvgIpc) is 2.50. The highest BCUT2D eigenvalue weighted by atomic mass is 16.5. The van der Waals surface area contributed by atoms with Gasteiger partial charge in [0.2, 0.25) is 0 Å². The first-order valence-electron chi connectivity index (χ1n) is 7.55. The average molecular weight is 299 g/mol. The van der Waals surface area contributed by atoms with Crippen molar-refractivity contribution in [3.63, 3.8) is 0 Å². The van der Waals surface area contributed by atoms with E-state index in [0.717, 1.165) is 22.9 Å². The molecule has 0 aliphatic heterocycles. The first-order chi connectivity index (χ1) is 10.7. The van der Waals surface area contributed by atoms with Gasteiger partial charge in [-0.3, -0.25) is 4.79 Å². The van der Waals surface area contributed by atoms with Gasteiger partial charge in [0.1, 0.15) is 12.3 Å². The maximum atomic E-state index is 12.1. The molecule has 0 aromatic heterocycles. The van der Waals surface area contributed by atoms with E-state index in [0.29, 0.717) is 13.2 Å². The van der Waals surface area contributed by atoms with Crippen LogP contribution in [0.1, 0.15) is 12.5 Å². The molecule has 1 amide bonds. The molecule has 0 aliphatic carbocycles. The van der Waals surface area contributed by atoms with E-state index >= 15 is 0 Å². The summed E-state index contributed by atoms with van der Waals surface area (Å²) in [6.45, 7) is 3.85. The zero-order chi connectivity index (χ0) is 15.8. The van der Waals surface area contributed by atoms with Crippen LogP contribution in [0.4, 0.5) is 5.69 Å². The lowest BCUT2D eigenvalue weighted by molar-refractivity contribution is -0.885. The van der Waals surface area contributed by atoms with Crippen molar-refractivity contribution in [2.45, 2.75) is 13.5 Å². The second kappa shape index (κ2) is 8.20. The van der Waals surface area contributed by atoms with E-state index in [1.54, 1.807) is 0 Å². The van der Waals surface area contributed by atoms with Crippen LogP contribution in [0.5, 0.6) is 5.75 Å². The molecule has 116 valence electrons. The van der Waals surface area contributed by atoms with Gasteiger partial charge in [-0.2, -0.15) is 0 Å². The van der Waals surface area contributed by atoms with E-state index in [9.17, 15) is 4.79 Å². The van der Waals surface area contributed by atoms with E-state index in [1.807, 2.05) is 56.4 Å². The van der Waals surface area contributed by atoms with Crippen LogP contribution in [-0.4, -0.2) is 26.1 Å². The van der Waals surface area contributed by atoms with Crippen LogP contribution in [0.15, 0.2) is 54.6 Å². The minimum Gasteiger partial charge on any atom is -0.494 e. The van der Waals surface area contributed by atoms with Gasteiger partial charge >= 0.3 is 0 Å². The zero-order valence-corrected chi connectivity index (χ0v) is 13.1. The van der Waals surface area contributed by atoms with Crippen LogP contribution in [0, 0.1) is 0 Å². The third kappa shape index (κ3) is 5.22. The van der Waals surface area contributed by atoms with Crippen molar-refractivity contribution >= 4 is 11.6 Å². The maximum Gasteiger partial charge on any atom is 0.279 e. The van der Waals surface area contributed by atoms with Crippen molar-refractivity contribution in [3.05, 3.63) is 60.2 Å². The van der Waals surface area contributed by atoms with Gasteiger partial charge in [0.25, 0.3) is 5.91 Å². The fourth-order valence-electron chi connectivity index (χ4n) is 2.29. The zero-order valence-electron chi connectivity index (χ0n) is 13.1. The van der Waals surface area contributed by atoms with Crippen molar-refractivity contribution in [1.82, 2.24) is 0 Å². The molecule has 0 bridgehead atoms. The van der Waals surface area contributed by atoms with Crippen LogP contribution >= 0.6 is 0 Å². The van der Waals surface area contributed by atoms with Crippen LogP contribution in [0.2, 0.25) is 0 Å². The van der Waals surface area contributed by atoms with E-state index in [4.69, 9.17) is 4.74 Å². The smallest absolute Gasteiger partial charge is 0.279 e. The first kappa shape index (κ1) is 16.0. The Hall–Kier alpha value is -2.33. The number of hydrogen-bond acceptors (Lipinski definition) is 2. The largest absolute Gasteiger partial charge is 0.494 e. The van der Waals surface area contributed by atoms with Crippen LogP contribution in [-0.2, 0) is 11.3 Å². The molecule has 4 heteroatoms. The van der Waals surface area contributed by atoms with Crippen molar-refractivity contribution in [2.24, 2.45) is 0 Å². The highest BCUT2D eigenvalue weighted by Gasteiger charge is 2.10. The van der Waals surface area contributed by atoms with Gasteiger partial charge in [0, 0.05) is 11.3 Å². The summed E-state index contributed by atoms with van der Waals surface area (Å²) >= 11 is 0. The molecule has 0 radical (unpaired) electrons. The molecule has 2 N–H and O–H groups in total. The van der Waals surface area contributed by atoms with Crippen molar-refractivity contribution in [1.29, 1.82) is 0 Å². The summed E-state index contributed by atoms with van der Waals surface area (Å²) in [4.78, 5) is 13.2. The Bertz CT molecular complexity index is 582. The quantitative estimate of drug-likeness (QED) is 0.818. The monoisotopic (exact) mass is 299 g/mol. The Kier molecular flexibility index (Phi) is 5.98. The number of benzene rings is 2. The fourth-order valence-corrected chi connectivity index (χ4v) is 2.29. The highest BCUT2D eigenvalue weighted by Crippen LogP contribution is 2.15. The number of anilines is 1. The van der Waals surface area contributed by atoms with Gasteiger partial charge in [0.15, 0.2) is 6.54 Å². The summed E-state index contributed by atoms with van der Waals surface area (Å²) < 4.78 is 5.38. The fraction of sp³-hybridized carbons (Fsp3) is 0.278. The predicted molar refractivity (Wildman–Crippen MR) is 88.1 cm³/mol. The van der Waals surface area contributed by atoms with Gasteiger partial charge in [-0.15, -0.1) is 0 Å².